The molecule has 32 heavy (non-hydrogen) atoms. The van der Waals surface area contributed by atoms with Gasteiger partial charge >= 0.3 is 0 Å². The molecular weight excluding hydrogens is 412 g/mol. The van der Waals surface area contributed by atoms with Crippen molar-refractivity contribution in [1.29, 1.82) is 0 Å². The lowest BCUT2D eigenvalue weighted by Crippen LogP contribution is -2.40. The molecule has 2 fully saturated rings. The average molecular weight is 441 g/mol. The molecule has 0 spiro atoms. The Labute approximate surface area is 187 Å². The third-order valence-electron chi connectivity index (χ3n) is 5.57. The SMILES string of the molecule is O=C1CCC(=O)N1CCOc1nccnc1OC1CCN(CCOc2ccccc2)CC1. The number of para-hydroxylation sites is 1. The highest BCUT2D eigenvalue weighted by Gasteiger charge is 2.28. The molecular formula is C23H28N4O5. The van der Waals surface area contributed by atoms with Gasteiger partial charge in [-0.25, -0.2) is 9.97 Å². The van der Waals surface area contributed by atoms with Crippen LogP contribution in [0, 0.1) is 0 Å². The Balaban J connectivity index is 1.19. The average Bonchev–Trinajstić information content (AvgIpc) is 3.14. The van der Waals surface area contributed by atoms with E-state index >= 15 is 0 Å². The van der Waals surface area contributed by atoms with Crippen molar-refractivity contribution in [2.24, 2.45) is 0 Å². The number of ether oxygens (including phenoxy) is 3. The molecule has 9 heteroatoms. The van der Waals surface area contributed by atoms with Crippen LogP contribution in [0.1, 0.15) is 25.7 Å². The van der Waals surface area contributed by atoms with Gasteiger partial charge in [0.25, 0.3) is 11.8 Å². The standard InChI is InChI=1S/C23H28N4O5/c28-20-6-7-21(29)27(20)15-17-31-22-23(25-11-10-24-22)32-19-8-12-26(13-9-19)14-16-30-18-4-2-1-3-5-18/h1-5,10-11,19H,6-9,12-17H2. The first kappa shape index (κ1) is 22.0. The van der Waals surface area contributed by atoms with Gasteiger partial charge in [0.15, 0.2) is 0 Å². The fourth-order valence-electron chi connectivity index (χ4n) is 3.82. The third kappa shape index (κ3) is 5.94. The van der Waals surface area contributed by atoms with Crippen molar-refractivity contribution >= 4 is 11.8 Å². The number of rotatable bonds is 10. The van der Waals surface area contributed by atoms with Gasteiger partial charge in [-0.1, -0.05) is 18.2 Å². The van der Waals surface area contributed by atoms with Crippen LogP contribution in [-0.2, 0) is 9.59 Å². The summed E-state index contributed by atoms with van der Waals surface area (Å²) in [4.78, 5) is 35.5. The highest BCUT2D eigenvalue weighted by molar-refractivity contribution is 6.01. The Hall–Kier alpha value is -3.20. The van der Waals surface area contributed by atoms with Crippen molar-refractivity contribution in [2.75, 3.05) is 39.4 Å². The van der Waals surface area contributed by atoms with Crippen LogP contribution in [-0.4, -0.2) is 77.1 Å². The summed E-state index contributed by atoms with van der Waals surface area (Å²) < 4.78 is 17.5. The molecule has 170 valence electrons. The van der Waals surface area contributed by atoms with Gasteiger partial charge in [-0.05, 0) is 25.0 Å². The molecule has 0 saturated carbocycles. The zero-order chi connectivity index (χ0) is 22.2. The molecule has 1 aromatic carbocycles. The third-order valence-corrected chi connectivity index (χ3v) is 5.57. The molecule has 2 saturated heterocycles. The van der Waals surface area contributed by atoms with Crippen LogP contribution < -0.4 is 14.2 Å². The zero-order valence-electron chi connectivity index (χ0n) is 18.0. The van der Waals surface area contributed by atoms with Crippen molar-refractivity contribution in [2.45, 2.75) is 31.8 Å². The van der Waals surface area contributed by atoms with Gasteiger partial charge in [-0.2, -0.15) is 0 Å². The second kappa shape index (κ2) is 10.9. The largest absolute Gasteiger partial charge is 0.492 e. The van der Waals surface area contributed by atoms with Crippen LogP contribution in [0.15, 0.2) is 42.7 Å². The van der Waals surface area contributed by atoms with E-state index in [0.717, 1.165) is 38.2 Å². The number of carbonyl (C=O) groups is 2. The lowest BCUT2D eigenvalue weighted by molar-refractivity contribution is -0.138. The van der Waals surface area contributed by atoms with Crippen LogP contribution in [0.2, 0.25) is 0 Å². The van der Waals surface area contributed by atoms with Crippen molar-refractivity contribution in [3.63, 3.8) is 0 Å². The monoisotopic (exact) mass is 440 g/mol. The summed E-state index contributed by atoms with van der Waals surface area (Å²) in [5.41, 5.74) is 0. The molecule has 0 bridgehead atoms. The second-order valence-electron chi connectivity index (χ2n) is 7.77. The molecule has 2 aliphatic heterocycles. The Bertz CT molecular complexity index is 886. The zero-order valence-corrected chi connectivity index (χ0v) is 18.0. The van der Waals surface area contributed by atoms with Gasteiger partial charge in [-0.3, -0.25) is 19.4 Å². The molecule has 3 heterocycles. The summed E-state index contributed by atoms with van der Waals surface area (Å²) >= 11 is 0. The van der Waals surface area contributed by atoms with Crippen LogP contribution in [0.3, 0.4) is 0 Å². The van der Waals surface area contributed by atoms with Crippen LogP contribution in [0.4, 0.5) is 0 Å². The Kier molecular flexibility index (Phi) is 7.50. The molecule has 1 aromatic heterocycles. The van der Waals surface area contributed by atoms with Crippen molar-refractivity contribution < 1.29 is 23.8 Å². The van der Waals surface area contributed by atoms with Crippen LogP contribution in [0.25, 0.3) is 0 Å². The molecule has 0 atom stereocenters. The number of benzene rings is 1. The minimum absolute atomic E-state index is 0.0297. The minimum atomic E-state index is -0.157. The summed E-state index contributed by atoms with van der Waals surface area (Å²) in [6, 6.07) is 9.83. The van der Waals surface area contributed by atoms with E-state index < -0.39 is 0 Å². The van der Waals surface area contributed by atoms with Crippen molar-refractivity contribution in [1.82, 2.24) is 19.8 Å². The van der Waals surface area contributed by atoms with E-state index in [1.165, 1.54) is 11.1 Å². The van der Waals surface area contributed by atoms with Crippen molar-refractivity contribution in [3.05, 3.63) is 42.7 Å². The number of imide groups is 1. The molecule has 0 unspecified atom stereocenters. The summed E-state index contributed by atoms with van der Waals surface area (Å²) in [6.45, 7) is 3.72. The number of hydrogen-bond donors (Lipinski definition) is 0. The second-order valence-corrected chi connectivity index (χ2v) is 7.77. The molecule has 2 amide bonds. The van der Waals surface area contributed by atoms with Gasteiger partial charge in [0, 0.05) is 44.9 Å². The molecule has 9 nitrogen and oxygen atoms in total. The Morgan fingerprint density at radius 1 is 0.844 bits per heavy atom. The topological polar surface area (TPSA) is 94.1 Å². The van der Waals surface area contributed by atoms with Gasteiger partial charge < -0.3 is 14.2 Å². The van der Waals surface area contributed by atoms with Crippen molar-refractivity contribution in [3.8, 4) is 17.5 Å². The van der Waals surface area contributed by atoms with E-state index in [0.29, 0.717) is 12.5 Å². The number of carbonyl (C=O) groups excluding carboxylic acids is 2. The number of aromatic nitrogens is 2. The quantitative estimate of drug-likeness (QED) is 0.518. The van der Waals surface area contributed by atoms with E-state index in [1.54, 1.807) is 6.20 Å². The molecule has 4 rings (SSSR count). The highest BCUT2D eigenvalue weighted by Crippen LogP contribution is 2.25. The molecule has 0 aliphatic carbocycles. The lowest BCUT2D eigenvalue weighted by Gasteiger charge is -2.31. The van der Waals surface area contributed by atoms with Gasteiger partial charge in [0.2, 0.25) is 11.8 Å². The number of amides is 2. The van der Waals surface area contributed by atoms with Crippen LogP contribution in [0.5, 0.6) is 17.5 Å². The predicted molar refractivity (Wildman–Crippen MR) is 116 cm³/mol. The van der Waals surface area contributed by atoms with E-state index in [-0.39, 0.29) is 49.8 Å². The first-order valence-corrected chi connectivity index (χ1v) is 11.0. The number of likely N-dealkylation sites (tertiary alicyclic amines) is 2. The predicted octanol–water partition coefficient (Wildman–Crippen LogP) is 1.93. The molecule has 0 radical (unpaired) electrons. The van der Waals surface area contributed by atoms with Gasteiger partial charge in [-0.15, -0.1) is 0 Å². The van der Waals surface area contributed by atoms with E-state index in [9.17, 15) is 9.59 Å². The smallest absolute Gasteiger partial charge is 0.278 e. The molecule has 2 aliphatic rings. The molecule has 0 N–H and O–H groups in total. The summed E-state index contributed by atoms with van der Waals surface area (Å²) in [7, 11) is 0. The first-order valence-electron chi connectivity index (χ1n) is 11.0. The van der Waals surface area contributed by atoms with E-state index in [4.69, 9.17) is 14.2 Å². The fourth-order valence-corrected chi connectivity index (χ4v) is 3.82. The maximum Gasteiger partial charge on any atom is 0.278 e. The van der Waals surface area contributed by atoms with E-state index in [1.807, 2.05) is 30.3 Å². The Morgan fingerprint density at radius 2 is 1.50 bits per heavy atom. The summed E-state index contributed by atoms with van der Waals surface area (Å²) in [5, 5.41) is 0. The van der Waals surface area contributed by atoms with E-state index in [2.05, 4.69) is 14.9 Å². The van der Waals surface area contributed by atoms with Crippen LogP contribution >= 0.6 is 0 Å². The summed E-state index contributed by atoms with van der Waals surface area (Å²) in [6.07, 6.45) is 5.42. The highest BCUT2D eigenvalue weighted by atomic mass is 16.5. The maximum absolute atomic E-state index is 11.7. The fraction of sp³-hybridized carbons (Fsp3) is 0.478. The molecule has 2 aromatic rings. The first-order chi connectivity index (χ1) is 15.7. The number of nitrogens with zero attached hydrogens (tertiary/aromatic N) is 4. The summed E-state index contributed by atoms with van der Waals surface area (Å²) in [5.74, 6) is 1.20. The lowest BCUT2D eigenvalue weighted by atomic mass is 10.1. The van der Waals surface area contributed by atoms with Gasteiger partial charge in [0.05, 0.1) is 6.54 Å². The minimum Gasteiger partial charge on any atom is -0.492 e. The number of piperidine rings is 1. The normalized spacial score (nSPS) is 17.6. The Morgan fingerprint density at radius 3 is 2.22 bits per heavy atom. The number of hydrogen-bond acceptors (Lipinski definition) is 8. The van der Waals surface area contributed by atoms with Gasteiger partial charge in [0.1, 0.15) is 25.1 Å². The maximum atomic E-state index is 11.7.